The van der Waals surface area contributed by atoms with Crippen LogP contribution in [-0.2, 0) is 9.53 Å². The summed E-state index contributed by atoms with van der Waals surface area (Å²) in [6.07, 6.45) is -6.14. The molecule has 2 aromatic rings. The van der Waals surface area contributed by atoms with Crippen LogP contribution in [0.4, 0.5) is 27.6 Å². The topological polar surface area (TPSA) is 104 Å². The summed E-state index contributed by atoms with van der Waals surface area (Å²) in [5.74, 6) is -7.90. The highest BCUT2D eigenvalue weighted by molar-refractivity contribution is 5.97. The van der Waals surface area contributed by atoms with E-state index in [1.807, 2.05) is 0 Å². The van der Waals surface area contributed by atoms with Gasteiger partial charge in [-0.2, -0.15) is 17.6 Å². The number of aromatic nitrogens is 1. The molecule has 3 N–H and O–H groups in total. The van der Waals surface area contributed by atoms with Gasteiger partial charge in [-0.1, -0.05) is 13.0 Å². The molecular weight excluding hydrogens is 477 g/mol. The Morgan fingerprint density at radius 1 is 1.23 bits per heavy atom. The number of nitrogens with zero attached hydrogens (tertiary/aromatic N) is 1. The van der Waals surface area contributed by atoms with Crippen molar-refractivity contribution < 1.29 is 41.0 Å². The van der Waals surface area contributed by atoms with Gasteiger partial charge in [0.25, 0.3) is 11.8 Å². The minimum absolute atomic E-state index is 0.0263. The van der Waals surface area contributed by atoms with E-state index < -0.39 is 65.0 Å². The fourth-order valence-electron chi connectivity index (χ4n) is 4.04. The number of anilines is 1. The first-order chi connectivity index (χ1) is 16.2. The third-order valence-corrected chi connectivity index (χ3v) is 6.00. The van der Waals surface area contributed by atoms with Gasteiger partial charge in [0.1, 0.15) is 11.8 Å². The van der Waals surface area contributed by atoms with Crippen LogP contribution in [0.5, 0.6) is 5.75 Å². The van der Waals surface area contributed by atoms with E-state index in [0.29, 0.717) is 0 Å². The van der Waals surface area contributed by atoms with Gasteiger partial charge in [-0.25, -0.2) is 4.39 Å². The quantitative estimate of drug-likeness (QED) is 0.574. The van der Waals surface area contributed by atoms with E-state index >= 15 is 0 Å². The molecule has 0 unspecified atom stereocenters. The third kappa shape index (κ3) is 4.93. The number of hydrogen-bond acceptors (Lipinski definition) is 5. The van der Waals surface area contributed by atoms with Gasteiger partial charge in [0.2, 0.25) is 5.82 Å². The fraction of sp³-hybridized carbons (Fsp3) is 0.435. The van der Waals surface area contributed by atoms with Crippen molar-refractivity contribution >= 4 is 17.5 Å². The van der Waals surface area contributed by atoms with Gasteiger partial charge < -0.3 is 20.5 Å². The molecule has 1 aliphatic rings. The zero-order valence-electron chi connectivity index (χ0n) is 19.2. The summed E-state index contributed by atoms with van der Waals surface area (Å²) < 4.78 is 81.6. The van der Waals surface area contributed by atoms with Gasteiger partial charge in [0.15, 0.2) is 17.2 Å². The van der Waals surface area contributed by atoms with Crippen LogP contribution in [0, 0.1) is 17.6 Å². The minimum Gasteiger partial charge on any atom is -0.488 e. The lowest BCUT2D eigenvalue weighted by molar-refractivity contribution is -0.272. The van der Waals surface area contributed by atoms with Crippen LogP contribution in [0.3, 0.4) is 0 Å². The minimum atomic E-state index is -4.90. The lowest BCUT2D eigenvalue weighted by Crippen LogP contribution is -2.47. The highest BCUT2D eigenvalue weighted by Gasteiger charge is 2.66. The summed E-state index contributed by atoms with van der Waals surface area (Å²) in [5.41, 5.74) is 2.07. The molecular formula is C23H24F5N3O4. The second-order valence-electron chi connectivity index (χ2n) is 8.69. The number of primary amides is 1. The number of benzene rings is 1. The molecule has 35 heavy (non-hydrogen) atoms. The van der Waals surface area contributed by atoms with Crippen LogP contribution in [-0.4, -0.2) is 40.8 Å². The van der Waals surface area contributed by atoms with E-state index in [-0.39, 0.29) is 16.9 Å². The molecule has 0 saturated carbocycles. The van der Waals surface area contributed by atoms with Crippen LogP contribution in [0.2, 0.25) is 0 Å². The number of rotatable bonds is 6. The normalized spacial score (nSPS) is 24.5. The predicted octanol–water partition coefficient (Wildman–Crippen LogP) is 4.32. The molecule has 7 nitrogen and oxygen atoms in total. The maximum atomic E-state index is 14.7. The summed E-state index contributed by atoms with van der Waals surface area (Å²) in [7, 11) is 0. The van der Waals surface area contributed by atoms with E-state index in [4.69, 9.17) is 15.2 Å². The Kier molecular flexibility index (Phi) is 7.07. The zero-order chi connectivity index (χ0) is 26.3. The number of ether oxygens (including phenoxy) is 2. The number of nitrogens with two attached hydrogens (primary N) is 1. The third-order valence-electron chi connectivity index (χ3n) is 6.00. The summed E-state index contributed by atoms with van der Waals surface area (Å²) in [5, 5.41) is 2.39. The van der Waals surface area contributed by atoms with Gasteiger partial charge >= 0.3 is 6.18 Å². The molecule has 0 bridgehead atoms. The van der Waals surface area contributed by atoms with Crippen molar-refractivity contribution in [1.82, 2.24) is 4.98 Å². The van der Waals surface area contributed by atoms with Gasteiger partial charge in [-0.3, -0.25) is 14.6 Å². The molecule has 1 saturated heterocycles. The number of carbonyl (C=O) groups is 2. The van der Waals surface area contributed by atoms with Crippen molar-refractivity contribution in [3.63, 3.8) is 0 Å². The molecule has 0 aliphatic carbocycles. The highest BCUT2D eigenvalue weighted by atomic mass is 19.4. The Hall–Kier alpha value is -3.28. The Bertz CT molecular complexity index is 1140. The van der Waals surface area contributed by atoms with Crippen molar-refractivity contribution in [3.05, 3.63) is 53.4 Å². The number of pyridine rings is 1. The van der Waals surface area contributed by atoms with Crippen molar-refractivity contribution in [2.24, 2.45) is 11.7 Å². The van der Waals surface area contributed by atoms with E-state index in [1.54, 1.807) is 0 Å². The van der Waals surface area contributed by atoms with E-state index in [1.165, 1.54) is 33.0 Å². The zero-order valence-corrected chi connectivity index (χ0v) is 19.2. The summed E-state index contributed by atoms with van der Waals surface area (Å²) in [6.45, 7) is 5.07. The van der Waals surface area contributed by atoms with Crippen molar-refractivity contribution in [2.75, 3.05) is 5.32 Å². The molecule has 3 rings (SSSR count). The number of halogens is 5. The first kappa shape index (κ1) is 26.3. The largest absolute Gasteiger partial charge is 0.488 e. The Morgan fingerprint density at radius 3 is 2.46 bits per heavy atom. The van der Waals surface area contributed by atoms with Gasteiger partial charge in [0.05, 0.1) is 6.10 Å². The second kappa shape index (κ2) is 9.40. The maximum Gasteiger partial charge on any atom is 0.417 e. The predicted molar refractivity (Wildman–Crippen MR) is 115 cm³/mol. The van der Waals surface area contributed by atoms with E-state index in [2.05, 4.69) is 10.3 Å². The number of alkyl halides is 3. The molecule has 1 aromatic carbocycles. The molecule has 12 heteroatoms. The molecule has 190 valence electrons. The molecule has 0 radical (unpaired) electrons. The molecule has 0 spiro atoms. The van der Waals surface area contributed by atoms with Crippen molar-refractivity contribution in [1.29, 1.82) is 0 Å². The average molecular weight is 501 g/mol. The Labute approximate surface area is 197 Å². The monoisotopic (exact) mass is 501 g/mol. The summed E-state index contributed by atoms with van der Waals surface area (Å²) in [4.78, 5) is 28.3. The number of hydrogen-bond donors (Lipinski definition) is 2. The lowest BCUT2D eigenvalue weighted by atomic mass is 9.77. The SMILES string of the molecule is CC(C)Oc1c([C@H]2[C@@H](C)[C@](C)(C(F)(F)F)O[C@H]2C(=O)Nc2ccnc(C(N)=O)c2)ccc(F)c1F. The van der Waals surface area contributed by atoms with E-state index in [0.717, 1.165) is 25.1 Å². The number of carbonyl (C=O) groups excluding carboxylic acids is 2. The number of nitrogens with one attached hydrogen (secondary N) is 1. The Balaban J connectivity index is 2.10. The average Bonchev–Trinajstić information content (AvgIpc) is 3.04. The first-order valence-corrected chi connectivity index (χ1v) is 10.6. The summed E-state index contributed by atoms with van der Waals surface area (Å²) in [6, 6.07) is 4.28. The van der Waals surface area contributed by atoms with Crippen LogP contribution >= 0.6 is 0 Å². The van der Waals surface area contributed by atoms with Crippen LogP contribution in [0.25, 0.3) is 0 Å². The number of amides is 2. The molecule has 1 aromatic heterocycles. The highest BCUT2D eigenvalue weighted by Crippen LogP contribution is 2.55. The van der Waals surface area contributed by atoms with Crippen LogP contribution < -0.4 is 15.8 Å². The Morgan fingerprint density at radius 2 is 1.89 bits per heavy atom. The van der Waals surface area contributed by atoms with Crippen LogP contribution in [0.15, 0.2) is 30.5 Å². The maximum absolute atomic E-state index is 14.7. The van der Waals surface area contributed by atoms with Crippen LogP contribution in [0.1, 0.15) is 49.7 Å². The molecule has 2 heterocycles. The molecule has 2 amide bonds. The lowest BCUT2D eigenvalue weighted by Gasteiger charge is -2.32. The molecule has 4 atom stereocenters. The van der Waals surface area contributed by atoms with Gasteiger partial charge in [0, 0.05) is 29.3 Å². The van der Waals surface area contributed by atoms with Crippen molar-refractivity contribution in [2.45, 2.75) is 57.6 Å². The molecule has 1 fully saturated rings. The molecule has 1 aliphatic heterocycles. The second-order valence-corrected chi connectivity index (χ2v) is 8.69. The fourth-order valence-corrected chi connectivity index (χ4v) is 4.04. The smallest absolute Gasteiger partial charge is 0.417 e. The standard InChI is InChI=1S/C23H24F5N3O4/c1-10(2)34-18-13(5-6-14(24)17(18)25)16-11(3)22(4,23(26,27)28)35-19(16)21(33)31-12-7-8-30-15(9-12)20(29)32/h5-11,16,19H,1-4H3,(H2,29,32)(H,30,31,33)/t11-,16-,19-,22-/m1/s1. The first-order valence-electron chi connectivity index (χ1n) is 10.6. The van der Waals surface area contributed by atoms with Gasteiger partial charge in [-0.15, -0.1) is 0 Å². The summed E-state index contributed by atoms with van der Waals surface area (Å²) >= 11 is 0. The van der Waals surface area contributed by atoms with Crippen molar-refractivity contribution in [3.8, 4) is 5.75 Å². The van der Waals surface area contributed by atoms with E-state index in [9.17, 15) is 31.5 Å². The van der Waals surface area contributed by atoms with Gasteiger partial charge in [-0.05, 0) is 39.0 Å².